The largest absolute Gasteiger partial charge is 0.448 e. The second-order valence-electron chi connectivity index (χ2n) is 5.08. The second kappa shape index (κ2) is 6.92. The first-order chi connectivity index (χ1) is 10.1. The summed E-state index contributed by atoms with van der Waals surface area (Å²) in [6.07, 6.45) is 4.57. The lowest BCUT2D eigenvalue weighted by molar-refractivity contribution is -0.127. The maximum absolute atomic E-state index is 11.8. The van der Waals surface area contributed by atoms with Crippen LogP contribution in [-0.2, 0) is 9.53 Å². The molecule has 1 aromatic heterocycles. The zero-order valence-electron chi connectivity index (χ0n) is 11.8. The highest BCUT2D eigenvalue weighted by molar-refractivity contribution is 5.98. The molecule has 0 radical (unpaired) electrons. The van der Waals surface area contributed by atoms with Crippen LogP contribution >= 0.6 is 0 Å². The monoisotopic (exact) mass is 293 g/mol. The quantitative estimate of drug-likeness (QED) is 0.729. The van der Waals surface area contributed by atoms with Crippen LogP contribution < -0.4 is 10.6 Å². The molecule has 0 aliphatic heterocycles. The lowest BCUT2D eigenvalue weighted by atomic mass is 10.2. The third kappa shape index (κ3) is 4.34. The van der Waals surface area contributed by atoms with Gasteiger partial charge < -0.3 is 15.0 Å². The maximum atomic E-state index is 11.8. The molecule has 0 bridgehead atoms. The minimum atomic E-state index is -1.05. The Morgan fingerprint density at radius 3 is 2.67 bits per heavy atom. The molecule has 21 heavy (non-hydrogen) atoms. The smallest absolute Gasteiger partial charge is 0.355 e. The fourth-order valence-corrected chi connectivity index (χ4v) is 2.24. The van der Waals surface area contributed by atoms with Crippen LogP contribution in [0.2, 0.25) is 0 Å². The number of carbonyl (C=O) groups excluding carboxylic acids is 3. The first-order valence-corrected chi connectivity index (χ1v) is 7.02. The average molecular weight is 293 g/mol. The van der Waals surface area contributed by atoms with Gasteiger partial charge in [-0.15, -0.1) is 0 Å². The number of imide groups is 1. The van der Waals surface area contributed by atoms with E-state index in [0.29, 0.717) is 0 Å². The lowest BCUT2D eigenvalue weighted by Crippen LogP contribution is -2.47. The molecular formula is C14H19N3O4. The van der Waals surface area contributed by atoms with Gasteiger partial charge in [0.1, 0.15) is 5.69 Å². The van der Waals surface area contributed by atoms with E-state index in [2.05, 4.69) is 15.6 Å². The highest BCUT2D eigenvalue weighted by Gasteiger charge is 2.23. The number of hydrogen-bond acceptors (Lipinski definition) is 4. The Balaban J connectivity index is 1.76. The SMILES string of the molecule is C[C@H](OC(=O)c1ccc[nH]1)C(=O)NC(=O)NC1CCCC1. The van der Waals surface area contributed by atoms with Gasteiger partial charge in [0, 0.05) is 12.2 Å². The highest BCUT2D eigenvalue weighted by Crippen LogP contribution is 2.17. The van der Waals surface area contributed by atoms with E-state index in [0.717, 1.165) is 25.7 Å². The molecule has 1 aliphatic carbocycles. The minimum absolute atomic E-state index is 0.120. The molecule has 0 aromatic carbocycles. The van der Waals surface area contributed by atoms with Gasteiger partial charge in [0.05, 0.1) is 0 Å². The Morgan fingerprint density at radius 2 is 2.05 bits per heavy atom. The van der Waals surface area contributed by atoms with Crippen molar-refractivity contribution >= 4 is 17.9 Å². The van der Waals surface area contributed by atoms with E-state index in [9.17, 15) is 14.4 Å². The Bertz CT molecular complexity index is 506. The van der Waals surface area contributed by atoms with Gasteiger partial charge in [0.25, 0.3) is 5.91 Å². The predicted molar refractivity (Wildman–Crippen MR) is 74.6 cm³/mol. The third-order valence-corrected chi connectivity index (χ3v) is 3.40. The summed E-state index contributed by atoms with van der Waals surface area (Å²) in [6.45, 7) is 1.42. The summed E-state index contributed by atoms with van der Waals surface area (Å²) in [4.78, 5) is 37.7. The number of carbonyl (C=O) groups is 3. The number of rotatable bonds is 4. The average Bonchev–Trinajstić information content (AvgIpc) is 3.10. The van der Waals surface area contributed by atoms with Crippen LogP contribution in [0, 0.1) is 0 Å². The molecule has 1 fully saturated rings. The number of nitrogens with one attached hydrogen (secondary N) is 3. The minimum Gasteiger partial charge on any atom is -0.448 e. The fourth-order valence-electron chi connectivity index (χ4n) is 2.24. The van der Waals surface area contributed by atoms with Crippen molar-refractivity contribution < 1.29 is 19.1 Å². The summed E-state index contributed by atoms with van der Waals surface area (Å²) < 4.78 is 4.97. The highest BCUT2D eigenvalue weighted by atomic mass is 16.5. The predicted octanol–water partition coefficient (Wildman–Crippen LogP) is 1.33. The van der Waals surface area contributed by atoms with Crippen LogP contribution in [0.5, 0.6) is 0 Å². The summed E-state index contributed by atoms with van der Waals surface area (Å²) in [5.41, 5.74) is 0.255. The first kappa shape index (κ1) is 15.1. The van der Waals surface area contributed by atoms with Crippen molar-refractivity contribution in [1.82, 2.24) is 15.6 Å². The first-order valence-electron chi connectivity index (χ1n) is 7.02. The van der Waals surface area contributed by atoms with Crippen molar-refractivity contribution in [2.45, 2.75) is 44.8 Å². The molecule has 3 N–H and O–H groups in total. The topological polar surface area (TPSA) is 100 Å². The molecule has 0 unspecified atom stereocenters. The Hall–Kier alpha value is -2.31. The molecule has 7 nitrogen and oxygen atoms in total. The van der Waals surface area contributed by atoms with Gasteiger partial charge >= 0.3 is 12.0 Å². The maximum Gasteiger partial charge on any atom is 0.355 e. The van der Waals surface area contributed by atoms with Crippen LogP contribution in [0.15, 0.2) is 18.3 Å². The van der Waals surface area contributed by atoms with Crippen molar-refractivity contribution in [2.75, 3.05) is 0 Å². The number of hydrogen-bond donors (Lipinski definition) is 3. The Labute approximate surface area is 122 Å². The van der Waals surface area contributed by atoms with Crippen LogP contribution in [0.25, 0.3) is 0 Å². The number of ether oxygens (including phenoxy) is 1. The summed E-state index contributed by atoms with van der Waals surface area (Å²) >= 11 is 0. The molecule has 1 aliphatic rings. The lowest BCUT2D eigenvalue weighted by Gasteiger charge is -2.15. The number of aromatic amines is 1. The zero-order chi connectivity index (χ0) is 15.2. The summed E-state index contributed by atoms with van der Waals surface area (Å²) in [6, 6.07) is 2.76. The summed E-state index contributed by atoms with van der Waals surface area (Å²) in [7, 11) is 0. The summed E-state index contributed by atoms with van der Waals surface area (Å²) in [5, 5.41) is 4.91. The number of esters is 1. The fraction of sp³-hybridized carbons (Fsp3) is 0.500. The normalized spacial score (nSPS) is 16.2. The van der Waals surface area contributed by atoms with Gasteiger partial charge in [-0.25, -0.2) is 9.59 Å². The molecule has 1 heterocycles. The van der Waals surface area contributed by atoms with Gasteiger partial charge in [-0.2, -0.15) is 0 Å². The van der Waals surface area contributed by atoms with Gasteiger partial charge in [0.15, 0.2) is 6.10 Å². The summed E-state index contributed by atoms with van der Waals surface area (Å²) in [5.74, 6) is -1.29. The second-order valence-corrected chi connectivity index (χ2v) is 5.08. The molecular weight excluding hydrogens is 274 g/mol. The van der Waals surface area contributed by atoms with E-state index in [1.807, 2.05) is 0 Å². The van der Waals surface area contributed by atoms with Crippen molar-refractivity contribution in [3.63, 3.8) is 0 Å². The van der Waals surface area contributed by atoms with Crippen molar-refractivity contribution in [1.29, 1.82) is 0 Å². The molecule has 3 amide bonds. The molecule has 0 spiro atoms. The Kier molecular flexibility index (Phi) is 4.97. The van der Waals surface area contributed by atoms with Gasteiger partial charge in [-0.3, -0.25) is 10.1 Å². The van der Waals surface area contributed by atoms with Crippen LogP contribution in [0.3, 0.4) is 0 Å². The zero-order valence-corrected chi connectivity index (χ0v) is 11.8. The van der Waals surface area contributed by atoms with Crippen molar-refractivity contribution in [2.24, 2.45) is 0 Å². The molecule has 1 atom stereocenters. The number of amides is 3. The van der Waals surface area contributed by atoms with Crippen LogP contribution in [0.1, 0.15) is 43.1 Å². The van der Waals surface area contributed by atoms with E-state index in [1.54, 1.807) is 18.3 Å². The molecule has 1 aromatic rings. The third-order valence-electron chi connectivity index (χ3n) is 3.40. The molecule has 114 valence electrons. The Morgan fingerprint density at radius 1 is 1.33 bits per heavy atom. The molecule has 7 heteroatoms. The number of H-pyrrole nitrogens is 1. The van der Waals surface area contributed by atoms with E-state index in [4.69, 9.17) is 4.74 Å². The van der Waals surface area contributed by atoms with E-state index in [-0.39, 0.29) is 11.7 Å². The van der Waals surface area contributed by atoms with E-state index in [1.165, 1.54) is 6.92 Å². The van der Waals surface area contributed by atoms with Gasteiger partial charge in [0.2, 0.25) is 0 Å². The van der Waals surface area contributed by atoms with Gasteiger partial charge in [-0.1, -0.05) is 12.8 Å². The van der Waals surface area contributed by atoms with Crippen LogP contribution in [-0.4, -0.2) is 35.0 Å². The molecule has 2 rings (SSSR count). The van der Waals surface area contributed by atoms with Gasteiger partial charge in [-0.05, 0) is 31.9 Å². The van der Waals surface area contributed by atoms with Crippen molar-refractivity contribution in [3.8, 4) is 0 Å². The number of aromatic nitrogens is 1. The molecule has 1 saturated carbocycles. The molecule has 0 saturated heterocycles. The number of urea groups is 1. The van der Waals surface area contributed by atoms with E-state index >= 15 is 0 Å². The van der Waals surface area contributed by atoms with E-state index < -0.39 is 24.0 Å². The van der Waals surface area contributed by atoms with Crippen LogP contribution in [0.4, 0.5) is 4.79 Å². The van der Waals surface area contributed by atoms with Crippen molar-refractivity contribution in [3.05, 3.63) is 24.0 Å². The standard InChI is InChI=1S/C14H19N3O4/c1-9(21-13(19)11-7-4-8-15-11)12(18)17-14(20)16-10-5-2-3-6-10/h4,7-10,15H,2-3,5-6H2,1H3,(H2,16,17,18,20)/t9-/m0/s1.